The van der Waals surface area contributed by atoms with Crippen LogP contribution in [-0.4, -0.2) is 36.3 Å². The molecule has 0 fully saturated rings. The van der Waals surface area contributed by atoms with Crippen molar-refractivity contribution in [3.8, 4) is 0 Å². The summed E-state index contributed by atoms with van der Waals surface area (Å²) in [5.74, 6) is -0.934. The van der Waals surface area contributed by atoms with Crippen molar-refractivity contribution in [1.29, 1.82) is 0 Å². The molecular formula is C16H24N2O4. The third kappa shape index (κ3) is 8.26. The number of benzene rings is 1. The summed E-state index contributed by atoms with van der Waals surface area (Å²) in [5, 5.41) is 14.7. The fraction of sp³-hybridized carbons (Fsp3) is 0.500. The van der Waals surface area contributed by atoms with Gasteiger partial charge in [-0.2, -0.15) is 0 Å². The van der Waals surface area contributed by atoms with Gasteiger partial charge >= 0.3 is 12.1 Å². The van der Waals surface area contributed by atoms with E-state index in [1.807, 2.05) is 37.3 Å². The van der Waals surface area contributed by atoms with E-state index in [2.05, 4.69) is 10.6 Å². The molecule has 0 saturated heterocycles. The van der Waals surface area contributed by atoms with Crippen LogP contribution in [0.15, 0.2) is 30.3 Å². The normalized spacial score (nSPS) is 11.7. The minimum Gasteiger partial charge on any atom is -0.481 e. The Morgan fingerprint density at radius 2 is 2.00 bits per heavy atom. The molecule has 0 radical (unpaired) electrons. The topological polar surface area (TPSA) is 87.7 Å². The van der Waals surface area contributed by atoms with Crippen molar-refractivity contribution >= 4 is 12.1 Å². The number of amides is 1. The molecule has 0 aromatic heterocycles. The van der Waals surface area contributed by atoms with Gasteiger partial charge in [-0.1, -0.05) is 37.3 Å². The first kappa shape index (κ1) is 18.0. The Kier molecular flexibility index (Phi) is 8.67. The summed E-state index contributed by atoms with van der Waals surface area (Å²) in [6, 6.07) is 8.92. The predicted octanol–water partition coefficient (Wildman–Crippen LogP) is 2.15. The number of ether oxygens (including phenoxy) is 1. The number of carboxylic acids is 1. The minimum absolute atomic E-state index is 0.105. The third-order valence-corrected chi connectivity index (χ3v) is 3.11. The lowest BCUT2D eigenvalue weighted by Crippen LogP contribution is -2.37. The quantitative estimate of drug-likeness (QED) is 0.576. The van der Waals surface area contributed by atoms with Crippen molar-refractivity contribution in [2.75, 3.05) is 13.1 Å². The maximum Gasteiger partial charge on any atom is 0.407 e. The molecule has 1 atom stereocenters. The third-order valence-electron chi connectivity index (χ3n) is 3.11. The summed E-state index contributed by atoms with van der Waals surface area (Å²) in [4.78, 5) is 22.6. The largest absolute Gasteiger partial charge is 0.481 e. The second-order valence-electron chi connectivity index (χ2n) is 5.00. The van der Waals surface area contributed by atoms with E-state index in [1.165, 1.54) is 0 Å². The molecule has 0 saturated carbocycles. The number of aliphatic carboxylic acids is 1. The molecule has 0 heterocycles. The van der Waals surface area contributed by atoms with Gasteiger partial charge < -0.3 is 20.5 Å². The highest BCUT2D eigenvalue weighted by Gasteiger charge is 2.16. The van der Waals surface area contributed by atoms with Crippen LogP contribution in [-0.2, 0) is 16.1 Å². The Balaban J connectivity index is 2.35. The summed E-state index contributed by atoms with van der Waals surface area (Å²) < 4.78 is 5.11. The summed E-state index contributed by atoms with van der Waals surface area (Å²) in [7, 11) is 0. The van der Waals surface area contributed by atoms with Gasteiger partial charge in [0, 0.05) is 6.04 Å². The van der Waals surface area contributed by atoms with E-state index in [0.29, 0.717) is 6.42 Å². The molecule has 0 bridgehead atoms. The molecule has 0 aliphatic carbocycles. The Hall–Kier alpha value is -2.08. The first-order chi connectivity index (χ1) is 10.6. The number of hydrogen-bond donors (Lipinski definition) is 3. The number of alkyl carbamates (subject to hydrolysis) is 1. The van der Waals surface area contributed by atoms with Crippen LogP contribution in [0.2, 0.25) is 0 Å². The van der Waals surface area contributed by atoms with Crippen LogP contribution in [0.4, 0.5) is 4.79 Å². The molecule has 122 valence electrons. The van der Waals surface area contributed by atoms with Gasteiger partial charge in [-0.25, -0.2) is 4.79 Å². The number of rotatable bonds is 10. The summed E-state index contributed by atoms with van der Waals surface area (Å²) in [6.45, 7) is 3.85. The fourth-order valence-electron chi connectivity index (χ4n) is 2.02. The van der Waals surface area contributed by atoms with Crippen molar-refractivity contribution in [2.45, 2.75) is 38.8 Å². The molecule has 1 aromatic rings. The number of nitrogens with one attached hydrogen (secondary N) is 2. The van der Waals surface area contributed by atoms with E-state index in [-0.39, 0.29) is 13.0 Å². The van der Waals surface area contributed by atoms with E-state index < -0.39 is 18.1 Å². The van der Waals surface area contributed by atoms with Crippen LogP contribution in [0, 0.1) is 0 Å². The van der Waals surface area contributed by atoms with Gasteiger partial charge in [0.15, 0.2) is 0 Å². The molecule has 6 heteroatoms. The molecule has 22 heavy (non-hydrogen) atoms. The highest BCUT2D eigenvalue weighted by molar-refractivity contribution is 5.71. The van der Waals surface area contributed by atoms with Gasteiger partial charge in [-0.3, -0.25) is 4.79 Å². The molecule has 0 aliphatic rings. The lowest BCUT2D eigenvalue weighted by atomic mass is 10.1. The zero-order valence-electron chi connectivity index (χ0n) is 12.9. The van der Waals surface area contributed by atoms with Crippen molar-refractivity contribution in [3.05, 3.63) is 35.9 Å². The maximum atomic E-state index is 11.8. The second kappa shape index (κ2) is 10.6. The minimum atomic E-state index is -0.934. The Morgan fingerprint density at radius 3 is 2.64 bits per heavy atom. The van der Waals surface area contributed by atoms with E-state index in [4.69, 9.17) is 9.84 Å². The van der Waals surface area contributed by atoms with Crippen LogP contribution in [0.5, 0.6) is 0 Å². The van der Waals surface area contributed by atoms with Crippen molar-refractivity contribution in [1.82, 2.24) is 10.6 Å². The average Bonchev–Trinajstić information content (AvgIpc) is 2.50. The molecule has 0 unspecified atom stereocenters. The van der Waals surface area contributed by atoms with Gasteiger partial charge in [0.2, 0.25) is 0 Å². The summed E-state index contributed by atoms with van der Waals surface area (Å²) >= 11 is 0. The lowest BCUT2D eigenvalue weighted by Gasteiger charge is -2.17. The van der Waals surface area contributed by atoms with Gasteiger partial charge in [-0.05, 0) is 31.5 Å². The van der Waals surface area contributed by atoms with Crippen LogP contribution < -0.4 is 10.6 Å². The molecule has 1 aromatic carbocycles. The number of carbonyl (C=O) groups is 2. The van der Waals surface area contributed by atoms with Crippen LogP contribution >= 0.6 is 0 Å². The summed E-state index contributed by atoms with van der Waals surface area (Å²) in [6.07, 6.45) is 0.704. The molecule has 1 amide bonds. The Labute approximate surface area is 130 Å². The summed E-state index contributed by atoms with van der Waals surface area (Å²) in [5.41, 5.74) is 0.889. The molecule has 3 N–H and O–H groups in total. The van der Waals surface area contributed by atoms with Gasteiger partial charge in [0.1, 0.15) is 6.61 Å². The highest BCUT2D eigenvalue weighted by atomic mass is 16.5. The molecule has 1 rings (SSSR count). The average molecular weight is 308 g/mol. The molecule has 6 nitrogen and oxygen atoms in total. The number of hydrogen-bond acceptors (Lipinski definition) is 4. The molecule has 0 aliphatic heterocycles. The zero-order chi connectivity index (χ0) is 16.2. The zero-order valence-corrected chi connectivity index (χ0v) is 12.9. The van der Waals surface area contributed by atoms with Gasteiger partial charge in [0.25, 0.3) is 0 Å². The fourth-order valence-corrected chi connectivity index (χ4v) is 2.02. The van der Waals surface area contributed by atoms with E-state index in [0.717, 1.165) is 25.1 Å². The Morgan fingerprint density at radius 1 is 1.27 bits per heavy atom. The first-order valence-corrected chi connectivity index (χ1v) is 7.51. The number of carboxylic acid groups (broad SMARTS) is 1. The van der Waals surface area contributed by atoms with Crippen molar-refractivity contribution in [3.63, 3.8) is 0 Å². The van der Waals surface area contributed by atoms with E-state index >= 15 is 0 Å². The van der Waals surface area contributed by atoms with Crippen molar-refractivity contribution in [2.24, 2.45) is 0 Å². The molecular weight excluding hydrogens is 284 g/mol. The monoisotopic (exact) mass is 308 g/mol. The Bertz CT molecular complexity index is 451. The van der Waals surface area contributed by atoms with Crippen LogP contribution in [0.1, 0.15) is 31.7 Å². The second-order valence-corrected chi connectivity index (χ2v) is 5.00. The lowest BCUT2D eigenvalue weighted by molar-refractivity contribution is -0.137. The standard InChI is InChI=1S/C16H24N2O4/c1-2-17-10-6-9-14(11-15(19)20)18-16(21)22-12-13-7-4-3-5-8-13/h3-5,7-8,14,17H,2,6,9-12H2,1H3,(H,18,21)(H,19,20)/t14-/m0/s1. The first-order valence-electron chi connectivity index (χ1n) is 7.51. The number of carbonyl (C=O) groups excluding carboxylic acids is 1. The maximum absolute atomic E-state index is 11.8. The van der Waals surface area contributed by atoms with Crippen LogP contribution in [0.25, 0.3) is 0 Å². The van der Waals surface area contributed by atoms with Crippen LogP contribution in [0.3, 0.4) is 0 Å². The SMILES string of the molecule is CCNCCC[C@@H](CC(=O)O)NC(=O)OCc1ccccc1. The van der Waals surface area contributed by atoms with Crippen molar-refractivity contribution < 1.29 is 19.4 Å². The molecule has 0 spiro atoms. The van der Waals surface area contributed by atoms with E-state index in [9.17, 15) is 9.59 Å². The predicted molar refractivity (Wildman–Crippen MR) is 83.6 cm³/mol. The highest BCUT2D eigenvalue weighted by Crippen LogP contribution is 2.04. The van der Waals surface area contributed by atoms with E-state index in [1.54, 1.807) is 0 Å². The van der Waals surface area contributed by atoms with Gasteiger partial charge in [-0.15, -0.1) is 0 Å². The smallest absolute Gasteiger partial charge is 0.407 e. The van der Waals surface area contributed by atoms with Gasteiger partial charge in [0.05, 0.1) is 6.42 Å².